The van der Waals surface area contributed by atoms with Crippen LogP contribution in [0.4, 0.5) is 5.69 Å². The van der Waals surface area contributed by atoms with E-state index in [1.165, 1.54) is 11.0 Å². The number of halogens is 1. The van der Waals surface area contributed by atoms with Crippen molar-refractivity contribution in [1.29, 1.82) is 0 Å². The van der Waals surface area contributed by atoms with Gasteiger partial charge < -0.3 is 4.90 Å². The third-order valence-corrected chi connectivity index (χ3v) is 7.76. The minimum atomic E-state index is -4.34. The molecule has 2 atom stereocenters. The summed E-state index contributed by atoms with van der Waals surface area (Å²) in [5.74, 6) is -1.84. The van der Waals surface area contributed by atoms with Crippen molar-refractivity contribution in [3.8, 4) is 0 Å². The first-order chi connectivity index (χ1) is 17.2. The predicted octanol–water partition coefficient (Wildman–Crippen LogP) is 5.56. The van der Waals surface area contributed by atoms with Crippen molar-refractivity contribution in [2.24, 2.45) is 0 Å². The molecule has 0 spiro atoms. The second kappa shape index (κ2) is 10.5. The normalized spacial score (nSPS) is 18.2. The second-order valence-electron chi connectivity index (χ2n) is 8.16. The highest BCUT2D eigenvalue weighted by atomic mass is 35.5. The Bertz CT molecular complexity index is 1300. The van der Waals surface area contributed by atoms with Gasteiger partial charge >= 0.3 is 7.82 Å². The molecule has 11 heteroatoms. The minimum Gasteiger partial charge on any atom is -0.305 e. The monoisotopic (exact) mass is 530 g/mol. The fraction of sp³-hybridized carbons (Fsp3) is 0.240. The van der Waals surface area contributed by atoms with Gasteiger partial charge in [-0.25, -0.2) is 4.57 Å². The van der Waals surface area contributed by atoms with Gasteiger partial charge in [0.1, 0.15) is 0 Å². The number of anilines is 1. The predicted molar refractivity (Wildman–Crippen MR) is 135 cm³/mol. The molecular formula is C25H24ClN2O7P. The average Bonchev–Trinajstić information content (AvgIpc) is 3.10. The SMILES string of the molecule is COP(=O)(OC)O[C@]1([C@H](C[N+](=O)[O-])c2ccccc2)C(=O)N(Cc2ccccc2)c2ccc(Cl)cc21. The molecule has 1 amide bonds. The molecule has 0 aliphatic carbocycles. The van der Waals surface area contributed by atoms with E-state index in [2.05, 4.69) is 0 Å². The number of carbonyl (C=O) groups excluding carboxylic acids is 1. The van der Waals surface area contributed by atoms with E-state index in [9.17, 15) is 19.5 Å². The zero-order valence-electron chi connectivity index (χ0n) is 19.6. The van der Waals surface area contributed by atoms with Crippen LogP contribution in [0.1, 0.15) is 22.6 Å². The molecule has 4 rings (SSSR count). The van der Waals surface area contributed by atoms with E-state index < -0.39 is 36.7 Å². The van der Waals surface area contributed by atoms with Gasteiger partial charge in [-0.2, -0.15) is 0 Å². The number of amides is 1. The third-order valence-electron chi connectivity index (χ3n) is 6.12. The molecular weight excluding hydrogens is 507 g/mol. The number of carbonyl (C=O) groups is 1. The summed E-state index contributed by atoms with van der Waals surface area (Å²) in [6, 6.07) is 22.4. The number of benzene rings is 3. The quantitative estimate of drug-likeness (QED) is 0.192. The summed E-state index contributed by atoms with van der Waals surface area (Å²) in [5.41, 5.74) is -0.217. The average molecular weight is 531 g/mol. The van der Waals surface area contributed by atoms with E-state index in [0.29, 0.717) is 11.3 Å². The third kappa shape index (κ3) is 4.81. The fourth-order valence-electron chi connectivity index (χ4n) is 4.51. The van der Waals surface area contributed by atoms with Crippen LogP contribution in [-0.2, 0) is 35.1 Å². The number of phosphoric ester groups is 1. The summed E-state index contributed by atoms with van der Waals surface area (Å²) in [5, 5.41) is 12.2. The van der Waals surface area contributed by atoms with Crippen LogP contribution in [0.3, 0.4) is 0 Å². The molecule has 0 aromatic heterocycles. The Morgan fingerprint density at radius 1 is 1.03 bits per heavy atom. The number of nitro groups is 1. The van der Waals surface area contributed by atoms with Crippen LogP contribution in [0.25, 0.3) is 0 Å². The van der Waals surface area contributed by atoms with Gasteiger partial charge in [0.05, 0.1) is 18.2 Å². The molecule has 0 saturated heterocycles. The van der Waals surface area contributed by atoms with Crippen LogP contribution in [0.15, 0.2) is 78.9 Å². The lowest BCUT2D eigenvalue weighted by atomic mass is 9.78. The van der Waals surface area contributed by atoms with Crippen LogP contribution in [0.5, 0.6) is 0 Å². The van der Waals surface area contributed by atoms with Crippen molar-refractivity contribution < 1.29 is 27.9 Å². The van der Waals surface area contributed by atoms with Gasteiger partial charge in [0.2, 0.25) is 6.54 Å². The number of nitrogens with zero attached hydrogens (tertiary/aromatic N) is 2. The lowest BCUT2D eigenvalue weighted by molar-refractivity contribution is -0.486. The smallest absolute Gasteiger partial charge is 0.305 e. The molecule has 0 N–H and O–H groups in total. The van der Waals surface area contributed by atoms with Crippen LogP contribution in [-0.4, -0.2) is 31.6 Å². The van der Waals surface area contributed by atoms with Crippen molar-refractivity contribution in [2.45, 2.75) is 18.1 Å². The Hall–Kier alpha value is -3.07. The van der Waals surface area contributed by atoms with Crippen LogP contribution < -0.4 is 4.90 Å². The van der Waals surface area contributed by atoms with Crippen molar-refractivity contribution in [2.75, 3.05) is 25.7 Å². The van der Waals surface area contributed by atoms with Crippen molar-refractivity contribution in [3.05, 3.63) is 111 Å². The highest BCUT2D eigenvalue weighted by Crippen LogP contribution is 2.61. The van der Waals surface area contributed by atoms with Crippen LogP contribution in [0, 0.1) is 10.1 Å². The standard InChI is InChI=1S/C25H24ClN2O7P/c1-33-36(32,34-2)35-25(22(17-28(30)31)19-11-7-4-8-12-19)21-15-20(26)13-14-23(21)27(24(25)29)16-18-9-5-3-6-10-18/h3-15,22H,16-17H2,1-2H3/t22-,25-/m1/s1. The number of fused-ring (bicyclic) bond motifs is 1. The Morgan fingerprint density at radius 3 is 2.22 bits per heavy atom. The number of hydrogen-bond donors (Lipinski definition) is 0. The molecule has 3 aromatic carbocycles. The molecule has 188 valence electrons. The van der Waals surface area contributed by atoms with Gasteiger partial charge in [0.15, 0.2) is 5.60 Å². The number of rotatable bonds is 10. The van der Waals surface area contributed by atoms with E-state index in [0.717, 1.165) is 19.8 Å². The summed E-state index contributed by atoms with van der Waals surface area (Å²) >= 11 is 6.35. The minimum absolute atomic E-state index is 0.143. The Labute approximate surface area is 213 Å². The number of hydrogen-bond acceptors (Lipinski definition) is 7. The molecule has 1 heterocycles. The highest BCUT2D eigenvalue weighted by molar-refractivity contribution is 7.48. The maximum atomic E-state index is 14.4. The first-order valence-corrected chi connectivity index (χ1v) is 12.8. The van der Waals surface area contributed by atoms with E-state index in [1.54, 1.807) is 42.5 Å². The summed E-state index contributed by atoms with van der Waals surface area (Å²) in [4.78, 5) is 27.2. The van der Waals surface area contributed by atoms with Crippen LogP contribution >= 0.6 is 19.4 Å². The summed E-state index contributed by atoms with van der Waals surface area (Å²) < 4.78 is 29.5. The van der Waals surface area contributed by atoms with Gasteiger partial charge in [0, 0.05) is 29.7 Å². The van der Waals surface area contributed by atoms with Gasteiger partial charge in [-0.3, -0.25) is 28.5 Å². The number of phosphoric acid groups is 1. The fourth-order valence-corrected chi connectivity index (χ4v) is 5.63. The maximum Gasteiger partial charge on any atom is 0.475 e. The lowest BCUT2D eigenvalue weighted by Crippen LogP contribution is -2.48. The zero-order valence-corrected chi connectivity index (χ0v) is 21.2. The summed E-state index contributed by atoms with van der Waals surface area (Å²) in [6.07, 6.45) is 0. The van der Waals surface area contributed by atoms with Crippen molar-refractivity contribution in [3.63, 3.8) is 0 Å². The Morgan fingerprint density at radius 2 is 1.64 bits per heavy atom. The molecule has 0 radical (unpaired) electrons. The van der Waals surface area contributed by atoms with Crippen LogP contribution in [0.2, 0.25) is 5.02 Å². The molecule has 1 aliphatic rings. The van der Waals surface area contributed by atoms with E-state index in [1.807, 2.05) is 30.3 Å². The summed E-state index contributed by atoms with van der Waals surface area (Å²) in [7, 11) is -2.12. The van der Waals surface area contributed by atoms with Gasteiger partial charge in [0.25, 0.3) is 5.91 Å². The van der Waals surface area contributed by atoms with Gasteiger partial charge in [-0.15, -0.1) is 0 Å². The van der Waals surface area contributed by atoms with E-state index in [4.69, 9.17) is 25.2 Å². The first-order valence-electron chi connectivity index (χ1n) is 11.0. The topological polar surface area (TPSA) is 108 Å². The molecule has 0 fully saturated rings. The molecule has 0 unspecified atom stereocenters. The second-order valence-corrected chi connectivity index (χ2v) is 10.4. The Balaban J connectivity index is 2.00. The van der Waals surface area contributed by atoms with E-state index >= 15 is 0 Å². The highest BCUT2D eigenvalue weighted by Gasteiger charge is 2.62. The maximum absolute atomic E-state index is 14.4. The van der Waals surface area contributed by atoms with E-state index in [-0.39, 0.29) is 17.1 Å². The van der Waals surface area contributed by atoms with Gasteiger partial charge in [-0.1, -0.05) is 72.3 Å². The molecule has 9 nitrogen and oxygen atoms in total. The summed E-state index contributed by atoms with van der Waals surface area (Å²) in [6.45, 7) is -0.558. The molecule has 3 aromatic rings. The van der Waals surface area contributed by atoms with Crippen molar-refractivity contribution in [1.82, 2.24) is 0 Å². The van der Waals surface area contributed by atoms with Crippen molar-refractivity contribution >= 4 is 31.0 Å². The zero-order chi connectivity index (χ0) is 25.9. The first kappa shape index (κ1) is 26.0. The molecule has 36 heavy (non-hydrogen) atoms. The largest absolute Gasteiger partial charge is 0.475 e. The Kier molecular flexibility index (Phi) is 7.59. The molecule has 0 saturated carbocycles. The lowest BCUT2D eigenvalue weighted by Gasteiger charge is -2.36. The molecule has 0 bridgehead atoms. The van der Waals surface area contributed by atoms with Gasteiger partial charge in [-0.05, 0) is 29.3 Å². The molecule has 1 aliphatic heterocycles.